The minimum absolute atomic E-state index is 0.0361. The molecule has 0 spiro atoms. The van der Waals surface area contributed by atoms with Crippen molar-refractivity contribution in [1.82, 2.24) is 9.97 Å². The summed E-state index contributed by atoms with van der Waals surface area (Å²) in [6, 6.07) is 1.37. The molecular formula is C15H14N2O4. The quantitative estimate of drug-likeness (QED) is 0.807. The lowest BCUT2D eigenvalue weighted by Gasteiger charge is -2.22. The average molecular weight is 286 g/mol. The van der Waals surface area contributed by atoms with Crippen LogP contribution in [-0.2, 0) is 6.42 Å². The SMILES string of the molecule is O=c1[nH]c(=O)c2c(CC3CC4=C[C@@H]3CC4)cc(=O)oc2[nH]1. The van der Waals surface area contributed by atoms with E-state index in [1.807, 2.05) is 0 Å². The largest absolute Gasteiger partial charge is 0.405 e. The van der Waals surface area contributed by atoms with Crippen molar-refractivity contribution in [1.29, 1.82) is 0 Å². The zero-order valence-electron chi connectivity index (χ0n) is 11.3. The van der Waals surface area contributed by atoms with Crippen molar-refractivity contribution in [3.8, 4) is 0 Å². The number of allylic oxidation sites excluding steroid dienone is 2. The van der Waals surface area contributed by atoms with Gasteiger partial charge in [-0.1, -0.05) is 11.6 Å². The fourth-order valence-corrected chi connectivity index (χ4v) is 3.70. The molecule has 0 aromatic carbocycles. The van der Waals surface area contributed by atoms with Gasteiger partial charge in [-0.25, -0.2) is 9.59 Å². The zero-order chi connectivity index (χ0) is 14.6. The number of nitrogens with one attached hydrogen (secondary N) is 2. The van der Waals surface area contributed by atoms with Gasteiger partial charge in [0, 0.05) is 6.07 Å². The summed E-state index contributed by atoms with van der Waals surface area (Å²) in [6.45, 7) is 0. The lowest BCUT2D eigenvalue weighted by Crippen LogP contribution is -2.25. The fourth-order valence-electron chi connectivity index (χ4n) is 3.70. The minimum atomic E-state index is -0.670. The lowest BCUT2D eigenvalue weighted by atomic mass is 9.82. The van der Waals surface area contributed by atoms with E-state index in [4.69, 9.17) is 4.42 Å². The molecule has 2 aromatic heterocycles. The third kappa shape index (κ3) is 1.98. The molecule has 2 bridgehead atoms. The Morgan fingerprint density at radius 3 is 2.81 bits per heavy atom. The molecule has 2 atom stereocenters. The second-order valence-corrected chi connectivity index (χ2v) is 5.90. The van der Waals surface area contributed by atoms with E-state index in [-0.39, 0.29) is 11.1 Å². The third-order valence-electron chi connectivity index (χ3n) is 4.58. The summed E-state index contributed by atoms with van der Waals surface area (Å²) in [5.41, 5.74) is 0.387. The summed E-state index contributed by atoms with van der Waals surface area (Å²) in [7, 11) is 0. The summed E-state index contributed by atoms with van der Waals surface area (Å²) in [4.78, 5) is 39.5. The summed E-state index contributed by atoms with van der Waals surface area (Å²) in [5, 5.41) is 0.280. The van der Waals surface area contributed by atoms with E-state index in [0.29, 0.717) is 23.8 Å². The Balaban J connectivity index is 1.83. The second kappa shape index (κ2) is 4.31. The molecule has 0 saturated carbocycles. The van der Waals surface area contributed by atoms with Crippen molar-refractivity contribution in [2.45, 2.75) is 25.7 Å². The predicted octanol–water partition coefficient (Wildman–Crippen LogP) is 1.07. The molecule has 0 fully saturated rings. The van der Waals surface area contributed by atoms with Crippen LogP contribution in [0.5, 0.6) is 0 Å². The fraction of sp³-hybridized carbons (Fsp3) is 0.400. The van der Waals surface area contributed by atoms with Gasteiger partial charge in [-0.15, -0.1) is 0 Å². The molecule has 4 rings (SSSR count). The molecule has 0 amide bonds. The standard InChI is InChI=1S/C15H14N2O4/c18-11-6-10(5-9-4-7-1-2-8(9)3-7)12-13(19)16-15(20)17-14(12)21-11/h3,6,8-9H,1-2,4-5H2,(H2,16,17,19,20)/t8-,9?/m0/s1. The molecule has 0 saturated heterocycles. The lowest BCUT2D eigenvalue weighted by molar-refractivity contribution is 0.372. The number of hydrogen-bond acceptors (Lipinski definition) is 4. The van der Waals surface area contributed by atoms with Crippen LogP contribution in [0.1, 0.15) is 24.8 Å². The van der Waals surface area contributed by atoms with Gasteiger partial charge in [0.05, 0.1) is 0 Å². The van der Waals surface area contributed by atoms with Crippen molar-refractivity contribution in [2.75, 3.05) is 0 Å². The Morgan fingerprint density at radius 2 is 2.10 bits per heavy atom. The Bertz CT molecular complexity index is 926. The molecule has 6 nitrogen and oxygen atoms in total. The van der Waals surface area contributed by atoms with Gasteiger partial charge >= 0.3 is 11.3 Å². The molecule has 0 aliphatic heterocycles. The van der Waals surface area contributed by atoms with Crippen LogP contribution in [0.15, 0.2) is 36.5 Å². The summed E-state index contributed by atoms with van der Waals surface area (Å²) >= 11 is 0. The average Bonchev–Trinajstić information content (AvgIpc) is 2.99. The molecule has 0 radical (unpaired) electrons. The first-order valence-electron chi connectivity index (χ1n) is 7.09. The van der Waals surface area contributed by atoms with Crippen LogP contribution in [-0.4, -0.2) is 9.97 Å². The topological polar surface area (TPSA) is 95.9 Å². The van der Waals surface area contributed by atoms with Crippen molar-refractivity contribution in [2.24, 2.45) is 11.8 Å². The van der Waals surface area contributed by atoms with Crippen LogP contribution in [0.2, 0.25) is 0 Å². The minimum Gasteiger partial charge on any atom is -0.405 e. The van der Waals surface area contributed by atoms with Crippen LogP contribution < -0.4 is 16.9 Å². The Morgan fingerprint density at radius 1 is 1.24 bits per heavy atom. The second-order valence-electron chi connectivity index (χ2n) is 5.90. The summed E-state index contributed by atoms with van der Waals surface area (Å²) in [6.07, 6.45) is 6.35. The summed E-state index contributed by atoms with van der Waals surface area (Å²) < 4.78 is 4.95. The molecule has 6 heteroatoms. The predicted molar refractivity (Wildman–Crippen MR) is 76.3 cm³/mol. The van der Waals surface area contributed by atoms with Crippen LogP contribution in [0.3, 0.4) is 0 Å². The normalized spacial score (nSPS) is 23.7. The van der Waals surface area contributed by atoms with Gasteiger partial charge in [-0.3, -0.25) is 14.8 Å². The van der Waals surface area contributed by atoms with Gasteiger partial charge in [0.2, 0.25) is 5.71 Å². The summed E-state index contributed by atoms with van der Waals surface area (Å²) in [5.74, 6) is 0.981. The van der Waals surface area contributed by atoms with E-state index in [9.17, 15) is 14.4 Å². The van der Waals surface area contributed by atoms with Gasteiger partial charge in [0.1, 0.15) is 5.39 Å². The highest BCUT2D eigenvalue weighted by molar-refractivity contribution is 5.75. The Hall–Kier alpha value is -2.37. The molecule has 2 aliphatic carbocycles. The number of hydrogen-bond donors (Lipinski definition) is 2. The van der Waals surface area contributed by atoms with Gasteiger partial charge < -0.3 is 4.42 Å². The Kier molecular flexibility index (Phi) is 2.54. The molecule has 2 N–H and O–H groups in total. The highest BCUT2D eigenvalue weighted by Crippen LogP contribution is 2.44. The monoisotopic (exact) mass is 286 g/mol. The number of rotatable bonds is 2. The highest BCUT2D eigenvalue weighted by Gasteiger charge is 2.33. The maximum Gasteiger partial charge on any atom is 0.337 e. The van der Waals surface area contributed by atoms with Gasteiger partial charge in [0.15, 0.2) is 0 Å². The molecule has 21 heavy (non-hydrogen) atoms. The molecule has 1 unspecified atom stereocenters. The van der Waals surface area contributed by atoms with Crippen molar-refractivity contribution in [3.05, 3.63) is 54.5 Å². The van der Waals surface area contributed by atoms with Crippen molar-refractivity contribution < 1.29 is 4.42 Å². The van der Waals surface area contributed by atoms with Gasteiger partial charge in [-0.05, 0) is 43.1 Å². The van der Waals surface area contributed by atoms with Gasteiger partial charge in [-0.2, -0.15) is 0 Å². The molecule has 2 aromatic rings. The molecule has 2 aliphatic rings. The van der Waals surface area contributed by atoms with Crippen LogP contribution in [0, 0.1) is 11.8 Å². The zero-order valence-corrected chi connectivity index (χ0v) is 11.3. The molecule has 2 heterocycles. The molecule has 108 valence electrons. The van der Waals surface area contributed by atoms with Crippen molar-refractivity contribution >= 4 is 11.1 Å². The first kappa shape index (κ1) is 12.4. The van der Waals surface area contributed by atoms with Gasteiger partial charge in [0.25, 0.3) is 5.56 Å². The van der Waals surface area contributed by atoms with Crippen LogP contribution in [0.25, 0.3) is 11.1 Å². The van der Waals surface area contributed by atoms with E-state index in [0.717, 1.165) is 12.8 Å². The van der Waals surface area contributed by atoms with E-state index < -0.39 is 16.9 Å². The first-order chi connectivity index (χ1) is 10.1. The number of aromatic amines is 2. The maximum atomic E-state index is 12.0. The van der Waals surface area contributed by atoms with E-state index in [1.165, 1.54) is 18.1 Å². The maximum absolute atomic E-state index is 12.0. The van der Waals surface area contributed by atoms with Crippen molar-refractivity contribution in [3.63, 3.8) is 0 Å². The number of H-pyrrole nitrogens is 2. The first-order valence-corrected chi connectivity index (χ1v) is 7.09. The highest BCUT2D eigenvalue weighted by atomic mass is 16.4. The van der Waals surface area contributed by atoms with E-state index in [2.05, 4.69) is 16.0 Å². The smallest absolute Gasteiger partial charge is 0.337 e. The van der Waals surface area contributed by atoms with Crippen LogP contribution in [0.4, 0.5) is 0 Å². The number of fused-ring (bicyclic) bond motifs is 2. The van der Waals surface area contributed by atoms with Crippen LogP contribution >= 0.6 is 0 Å². The number of aromatic nitrogens is 2. The van der Waals surface area contributed by atoms with E-state index >= 15 is 0 Å². The molecular weight excluding hydrogens is 272 g/mol. The third-order valence-corrected chi connectivity index (χ3v) is 4.58. The van der Waals surface area contributed by atoms with E-state index in [1.54, 1.807) is 0 Å². The Labute approximate surface area is 118 Å².